The molecule has 0 N–H and O–H groups in total. The Hall–Kier alpha value is -3.10. The molecule has 9 nitrogen and oxygen atoms in total. The second-order valence-electron chi connectivity index (χ2n) is 9.51. The van der Waals surface area contributed by atoms with Crippen molar-refractivity contribution < 1.29 is 54.1 Å². The van der Waals surface area contributed by atoms with Gasteiger partial charge in [-0.15, -0.1) is 0 Å². The Balaban J connectivity index is 0.000000745. The molecule has 1 fully saturated rings. The fraction of sp³-hybridized carbons (Fsp3) is 0.481. The summed E-state index contributed by atoms with van der Waals surface area (Å²) in [6, 6.07) is 8.46. The van der Waals surface area contributed by atoms with Crippen LogP contribution < -0.4 is 19.1 Å². The van der Waals surface area contributed by atoms with Crippen molar-refractivity contribution in [1.82, 2.24) is 0 Å². The second kappa shape index (κ2) is 13.7. The molecule has 2 aromatic rings. The van der Waals surface area contributed by atoms with Gasteiger partial charge in [-0.1, -0.05) is 27.0 Å². The van der Waals surface area contributed by atoms with E-state index in [1.165, 1.54) is 13.8 Å². The van der Waals surface area contributed by atoms with Crippen LogP contribution in [0.25, 0.3) is 0 Å². The molecule has 230 valence electrons. The molecule has 0 unspecified atom stereocenters. The molecule has 0 atom stereocenters. The Morgan fingerprint density at radius 2 is 1.20 bits per heavy atom. The Morgan fingerprint density at radius 1 is 0.780 bits per heavy atom. The van der Waals surface area contributed by atoms with E-state index < -0.39 is 39.7 Å². The molecule has 1 heterocycles. The van der Waals surface area contributed by atoms with E-state index in [1.54, 1.807) is 19.2 Å². The molecule has 0 aromatic heterocycles. The number of alkyl halides is 3. The monoisotopic (exact) mass is 606 g/mol. The van der Waals surface area contributed by atoms with Crippen LogP contribution in [0.4, 0.5) is 13.2 Å². The Morgan fingerprint density at radius 3 is 1.59 bits per heavy atom. The fourth-order valence-corrected chi connectivity index (χ4v) is 3.68. The Kier molecular flexibility index (Phi) is 12.7. The molecule has 0 aliphatic carbocycles. The molecule has 2 aromatic carbocycles. The Labute approximate surface area is 240 Å². The number of rotatable bonds is 7. The van der Waals surface area contributed by atoms with Gasteiger partial charge in [-0.2, -0.15) is 21.6 Å². The zero-order valence-corrected chi connectivity index (χ0v) is 23.6. The summed E-state index contributed by atoms with van der Waals surface area (Å²) in [5.41, 5.74) is -4.78. The smallest absolute Gasteiger partial charge is 0.497 e. The van der Waals surface area contributed by atoms with E-state index in [2.05, 4.69) is 8.92 Å². The van der Waals surface area contributed by atoms with Crippen molar-refractivity contribution in [3.05, 3.63) is 47.5 Å². The van der Waals surface area contributed by atoms with Crippen LogP contribution in [-0.4, -0.2) is 58.0 Å². The zero-order chi connectivity index (χ0) is 30.0. The lowest BCUT2D eigenvalue weighted by molar-refractivity contribution is -0.0500. The number of carbonyl (C=O) groups excluding carboxylic acids is 2. The van der Waals surface area contributed by atoms with Gasteiger partial charge in [0.05, 0.1) is 25.4 Å². The third kappa shape index (κ3) is 8.70. The van der Waals surface area contributed by atoms with Gasteiger partial charge >= 0.3 is 22.7 Å². The minimum atomic E-state index is -5.78. The molecule has 14 heteroatoms. The topological polar surface area (TPSA) is 114 Å². The van der Waals surface area contributed by atoms with Gasteiger partial charge in [0.25, 0.3) is 0 Å². The quantitative estimate of drug-likeness (QED) is 0.172. The third-order valence-corrected chi connectivity index (χ3v) is 7.17. The molecule has 0 bridgehead atoms. The first-order valence-electron chi connectivity index (χ1n) is 11.5. The minimum Gasteiger partial charge on any atom is -0.497 e. The van der Waals surface area contributed by atoms with E-state index in [4.69, 9.17) is 14.0 Å². The van der Waals surface area contributed by atoms with Gasteiger partial charge < -0.3 is 23.0 Å². The van der Waals surface area contributed by atoms with Crippen molar-refractivity contribution in [3.63, 3.8) is 0 Å². The third-order valence-electron chi connectivity index (χ3n) is 6.20. The van der Waals surface area contributed by atoms with Crippen LogP contribution in [-0.2, 0) is 19.4 Å². The summed E-state index contributed by atoms with van der Waals surface area (Å²) in [6.07, 6.45) is 0. The standard InChI is InChI=1S/C15H21BO4.C10H9F3O5S.2CH4/c1-10(17)11-7-8-12(13(9-11)18-6)16-19-14(2,3)15(4,5)20-16;1-6(14)7-3-4-8(9(5-7)17-2)18-19(15,16)10(11,12)13;;/h7-9H,1-6H3;3-5H,1-2H3;2*1H4. The molecule has 0 radical (unpaired) electrons. The molecule has 3 rings (SSSR count). The van der Waals surface area contributed by atoms with Crippen LogP contribution in [0, 0.1) is 0 Å². The van der Waals surface area contributed by atoms with Crippen LogP contribution in [0.5, 0.6) is 17.2 Å². The lowest BCUT2D eigenvalue weighted by Gasteiger charge is -2.32. The highest BCUT2D eigenvalue weighted by molar-refractivity contribution is 7.88. The van der Waals surface area contributed by atoms with Crippen molar-refractivity contribution in [1.29, 1.82) is 0 Å². The zero-order valence-electron chi connectivity index (χ0n) is 22.8. The largest absolute Gasteiger partial charge is 0.534 e. The van der Waals surface area contributed by atoms with Gasteiger partial charge in [-0.05, 0) is 65.8 Å². The summed E-state index contributed by atoms with van der Waals surface area (Å²) in [5, 5.41) is 0. The maximum atomic E-state index is 12.2. The highest BCUT2D eigenvalue weighted by Gasteiger charge is 2.52. The summed E-state index contributed by atoms with van der Waals surface area (Å²) in [5.74, 6) is -0.686. The number of carbonyl (C=O) groups is 2. The number of hydrogen-bond donors (Lipinski definition) is 0. The van der Waals surface area contributed by atoms with Crippen LogP contribution >= 0.6 is 0 Å². The van der Waals surface area contributed by atoms with Gasteiger partial charge in [0.15, 0.2) is 23.1 Å². The minimum absolute atomic E-state index is 0. The number of Topliss-reactive ketones (excluding diaryl/α,β-unsaturated/α-hetero) is 2. The van der Waals surface area contributed by atoms with Crippen LogP contribution in [0.2, 0.25) is 0 Å². The SMILES string of the molecule is C.C.COc1cc(C(C)=O)ccc1B1OC(C)(C)C(C)(C)O1.COc1cc(C(C)=O)ccc1OS(=O)(=O)C(F)(F)F. The lowest BCUT2D eigenvalue weighted by Crippen LogP contribution is -2.41. The van der Waals surface area contributed by atoms with Crippen LogP contribution in [0.15, 0.2) is 36.4 Å². The van der Waals surface area contributed by atoms with E-state index >= 15 is 0 Å². The first kappa shape index (κ1) is 37.9. The van der Waals surface area contributed by atoms with E-state index in [0.717, 1.165) is 30.8 Å². The average Bonchev–Trinajstić information content (AvgIpc) is 3.04. The molecule has 1 aliphatic heterocycles. The normalized spacial score (nSPS) is 15.3. The van der Waals surface area contributed by atoms with Crippen molar-refractivity contribution in [2.45, 2.75) is 73.1 Å². The molecule has 1 aliphatic rings. The number of hydrogen-bond acceptors (Lipinski definition) is 9. The first-order chi connectivity index (χ1) is 17.8. The highest BCUT2D eigenvalue weighted by Crippen LogP contribution is 2.37. The number of halogens is 3. The maximum Gasteiger partial charge on any atom is 0.534 e. The average molecular weight is 606 g/mol. The van der Waals surface area contributed by atoms with Crippen molar-refractivity contribution in [3.8, 4) is 17.2 Å². The van der Waals surface area contributed by atoms with Gasteiger partial charge in [0, 0.05) is 16.6 Å². The summed E-state index contributed by atoms with van der Waals surface area (Å²) >= 11 is 0. The number of methoxy groups -OCH3 is 2. The van der Waals surface area contributed by atoms with Crippen LogP contribution in [0.1, 0.15) is 77.1 Å². The molecule has 1 saturated heterocycles. The van der Waals surface area contributed by atoms with E-state index in [0.29, 0.717) is 11.3 Å². The molecule has 0 spiro atoms. The van der Waals surface area contributed by atoms with Crippen molar-refractivity contribution >= 4 is 34.3 Å². The molecular weight excluding hydrogens is 568 g/mol. The van der Waals surface area contributed by atoms with Crippen molar-refractivity contribution in [2.75, 3.05) is 14.2 Å². The molecule has 0 saturated carbocycles. The predicted octanol–water partition coefficient (Wildman–Crippen LogP) is 5.60. The summed E-state index contributed by atoms with van der Waals surface area (Å²) in [4.78, 5) is 22.5. The van der Waals surface area contributed by atoms with Crippen LogP contribution in [0.3, 0.4) is 0 Å². The lowest BCUT2D eigenvalue weighted by atomic mass is 9.78. The molecular formula is C27H38BF3O9S. The van der Waals surface area contributed by atoms with Gasteiger partial charge in [0.1, 0.15) is 5.75 Å². The van der Waals surface area contributed by atoms with Crippen molar-refractivity contribution in [2.24, 2.45) is 0 Å². The number of benzene rings is 2. The number of ether oxygens (including phenoxy) is 2. The summed E-state index contributed by atoms with van der Waals surface area (Å²) in [7, 11) is -3.59. The van der Waals surface area contributed by atoms with E-state index in [-0.39, 0.29) is 37.7 Å². The molecule has 0 amide bonds. The first-order valence-corrected chi connectivity index (χ1v) is 12.9. The second-order valence-corrected chi connectivity index (χ2v) is 11.0. The van der Waals surface area contributed by atoms with E-state index in [1.807, 2.05) is 33.8 Å². The van der Waals surface area contributed by atoms with Gasteiger partial charge in [0.2, 0.25) is 0 Å². The predicted molar refractivity (Wildman–Crippen MR) is 151 cm³/mol. The summed E-state index contributed by atoms with van der Waals surface area (Å²) in [6.45, 7) is 10.8. The Bertz CT molecular complexity index is 1320. The van der Waals surface area contributed by atoms with Gasteiger partial charge in [-0.25, -0.2) is 0 Å². The van der Waals surface area contributed by atoms with Gasteiger partial charge in [-0.3, -0.25) is 9.59 Å². The fourth-order valence-electron chi connectivity index (χ4n) is 3.22. The summed E-state index contributed by atoms with van der Waals surface area (Å²) < 4.78 is 84.1. The number of ketones is 2. The maximum absolute atomic E-state index is 12.2. The molecule has 41 heavy (non-hydrogen) atoms. The highest BCUT2D eigenvalue weighted by atomic mass is 32.2. The van der Waals surface area contributed by atoms with E-state index in [9.17, 15) is 31.2 Å².